The lowest BCUT2D eigenvalue weighted by molar-refractivity contribution is 0.0696. The number of carboxylic acids is 1. The minimum atomic E-state index is -1.19. The van der Waals surface area contributed by atoms with Gasteiger partial charge in [-0.1, -0.05) is 12.2 Å². The van der Waals surface area contributed by atoms with Crippen molar-refractivity contribution >= 4 is 11.8 Å². The van der Waals surface area contributed by atoms with E-state index in [1.54, 1.807) is 4.90 Å². The molecule has 1 rings (SSSR count). The maximum absolute atomic E-state index is 13.0. The Balaban J connectivity index is 3.18. The van der Waals surface area contributed by atoms with Crippen LogP contribution in [0, 0.1) is 5.82 Å². The smallest absolute Gasteiger partial charge is 0.339 e. The summed E-state index contributed by atoms with van der Waals surface area (Å²) in [5.41, 5.74) is 0.752. The van der Waals surface area contributed by atoms with Crippen LogP contribution in [0.25, 0.3) is 0 Å². The molecule has 0 amide bonds. The summed E-state index contributed by atoms with van der Waals surface area (Å²) in [6.07, 6.45) is 1.02. The van der Waals surface area contributed by atoms with Gasteiger partial charge in [0, 0.05) is 13.1 Å². The number of aromatic nitrogens is 1. The van der Waals surface area contributed by atoms with Crippen LogP contribution in [0.3, 0.4) is 0 Å². The third-order valence-electron chi connectivity index (χ3n) is 2.21. The van der Waals surface area contributed by atoms with Gasteiger partial charge in [0.05, 0.1) is 6.20 Å². The van der Waals surface area contributed by atoms with E-state index in [9.17, 15) is 9.18 Å². The largest absolute Gasteiger partial charge is 0.478 e. The van der Waals surface area contributed by atoms with E-state index in [1.807, 2.05) is 13.8 Å². The number of anilines is 1. The van der Waals surface area contributed by atoms with E-state index in [0.717, 1.165) is 17.8 Å². The van der Waals surface area contributed by atoms with Gasteiger partial charge in [-0.3, -0.25) is 0 Å². The van der Waals surface area contributed by atoms with Crippen LogP contribution in [0.15, 0.2) is 24.4 Å². The van der Waals surface area contributed by atoms with Gasteiger partial charge < -0.3 is 10.0 Å². The molecule has 1 aromatic rings. The molecule has 0 aromatic carbocycles. The summed E-state index contributed by atoms with van der Waals surface area (Å²) < 4.78 is 13.0. The summed E-state index contributed by atoms with van der Waals surface area (Å²) in [6, 6.07) is 0.978. The molecule has 0 aliphatic rings. The zero-order valence-electron chi connectivity index (χ0n) is 9.90. The zero-order valence-corrected chi connectivity index (χ0v) is 9.90. The monoisotopic (exact) mass is 238 g/mol. The topological polar surface area (TPSA) is 53.4 Å². The fourth-order valence-electron chi connectivity index (χ4n) is 1.50. The minimum Gasteiger partial charge on any atom is -0.478 e. The van der Waals surface area contributed by atoms with Gasteiger partial charge in [0.2, 0.25) is 0 Å². The predicted molar refractivity (Wildman–Crippen MR) is 63.9 cm³/mol. The molecule has 0 bridgehead atoms. The first kappa shape index (κ1) is 13.2. The number of hydrogen-bond donors (Lipinski definition) is 1. The number of rotatable bonds is 5. The summed E-state index contributed by atoms with van der Waals surface area (Å²) in [5, 5.41) is 9.01. The van der Waals surface area contributed by atoms with Crippen LogP contribution in [0.2, 0.25) is 0 Å². The van der Waals surface area contributed by atoms with Gasteiger partial charge in [-0.25, -0.2) is 14.2 Å². The molecular weight excluding hydrogens is 223 g/mol. The number of aromatic carboxylic acids is 1. The van der Waals surface area contributed by atoms with Crippen LogP contribution in [-0.2, 0) is 0 Å². The second-order valence-electron chi connectivity index (χ2n) is 3.80. The maximum Gasteiger partial charge on any atom is 0.339 e. The first-order valence-electron chi connectivity index (χ1n) is 5.23. The van der Waals surface area contributed by atoms with Crippen molar-refractivity contribution in [3.63, 3.8) is 0 Å². The lowest BCUT2D eigenvalue weighted by atomic mass is 10.2. The van der Waals surface area contributed by atoms with Crippen molar-refractivity contribution in [3.05, 3.63) is 35.8 Å². The van der Waals surface area contributed by atoms with E-state index in [2.05, 4.69) is 11.6 Å². The molecule has 0 saturated carbocycles. The van der Waals surface area contributed by atoms with Crippen LogP contribution < -0.4 is 4.90 Å². The van der Waals surface area contributed by atoms with Crippen molar-refractivity contribution in [2.24, 2.45) is 0 Å². The molecule has 0 unspecified atom stereocenters. The van der Waals surface area contributed by atoms with Gasteiger partial charge >= 0.3 is 5.97 Å². The minimum absolute atomic E-state index is 0.131. The Labute approximate surface area is 99.4 Å². The fraction of sp³-hybridized carbons (Fsp3) is 0.333. The van der Waals surface area contributed by atoms with Crippen molar-refractivity contribution in [1.29, 1.82) is 0 Å². The SMILES string of the molecule is C=C(C)CN(CC)c1ncc(F)cc1C(=O)O. The summed E-state index contributed by atoms with van der Waals surface area (Å²) in [4.78, 5) is 16.6. The number of carboxylic acid groups (broad SMARTS) is 1. The van der Waals surface area contributed by atoms with Crippen LogP contribution in [0.5, 0.6) is 0 Å². The van der Waals surface area contributed by atoms with Crippen LogP contribution in [-0.4, -0.2) is 29.1 Å². The molecule has 5 heteroatoms. The number of hydrogen-bond acceptors (Lipinski definition) is 3. The molecule has 0 aliphatic carbocycles. The van der Waals surface area contributed by atoms with Crippen LogP contribution >= 0.6 is 0 Å². The van der Waals surface area contributed by atoms with E-state index >= 15 is 0 Å². The lowest BCUT2D eigenvalue weighted by Gasteiger charge is -2.23. The highest BCUT2D eigenvalue weighted by Crippen LogP contribution is 2.19. The van der Waals surface area contributed by atoms with E-state index in [0.29, 0.717) is 13.1 Å². The Hall–Kier alpha value is -1.91. The van der Waals surface area contributed by atoms with E-state index < -0.39 is 11.8 Å². The van der Waals surface area contributed by atoms with Crippen molar-refractivity contribution in [3.8, 4) is 0 Å². The second kappa shape index (κ2) is 5.43. The maximum atomic E-state index is 13.0. The van der Waals surface area contributed by atoms with E-state index in [1.165, 1.54) is 0 Å². The van der Waals surface area contributed by atoms with E-state index in [-0.39, 0.29) is 11.4 Å². The molecule has 4 nitrogen and oxygen atoms in total. The number of likely N-dealkylation sites (N-methyl/N-ethyl adjacent to an activating group) is 1. The zero-order chi connectivity index (χ0) is 13.0. The molecule has 0 fully saturated rings. The molecule has 0 atom stereocenters. The molecule has 1 heterocycles. The molecule has 0 spiro atoms. The molecule has 1 N–H and O–H groups in total. The van der Waals surface area contributed by atoms with Gasteiger partial charge in [0.1, 0.15) is 17.2 Å². The summed E-state index contributed by atoms with van der Waals surface area (Å²) in [7, 11) is 0. The van der Waals surface area contributed by atoms with Crippen molar-refractivity contribution in [1.82, 2.24) is 4.98 Å². The van der Waals surface area contributed by atoms with E-state index in [4.69, 9.17) is 5.11 Å². The van der Waals surface area contributed by atoms with Crippen molar-refractivity contribution in [2.75, 3.05) is 18.0 Å². The number of nitrogens with zero attached hydrogens (tertiary/aromatic N) is 2. The van der Waals surface area contributed by atoms with Crippen LogP contribution in [0.1, 0.15) is 24.2 Å². The quantitative estimate of drug-likeness (QED) is 0.800. The normalized spacial score (nSPS) is 10.1. The van der Waals surface area contributed by atoms with Gasteiger partial charge in [-0.15, -0.1) is 0 Å². The third-order valence-corrected chi connectivity index (χ3v) is 2.21. The molecule has 92 valence electrons. The van der Waals surface area contributed by atoms with Crippen molar-refractivity contribution < 1.29 is 14.3 Å². The average Bonchev–Trinajstić information content (AvgIpc) is 2.25. The number of carbonyl (C=O) groups is 1. The molecule has 0 radical (unpaired) electrons. The van der Waals surface area contributed by atoms with Gasteiger partial charge in [0.25, 0.3) is 0 Å². The fourth-order valence-corrected chi connectivity index (χ4v) is 1.50. The lowest BCUT2D eigenvalue weighted by Crippen LogP contribution is -2.27. The first-order chi connectivity index (χ1) is 7.95. The molecule has 0 aliphatic heterocycles. The van der Waals surface area contributed by atoms with Gasteiger partial charge in [0.15, 0.2) is 0 Å². The second-order valence-corrected chi connectivity index (χ2v) is 3.80. The average molecular weight is 238 g/mol. The van der Waals surface area contributed by atoms with Crippen LogP contribution in [0.4, 0.5) is 10.2 Å². The van der Waals surface area contributed by atoms with Gasteiger partial charge in [-0.2, -0.15) is 0 Å². The highest BCUT2D eigenvalue weighted by atomic mass is 19.1. The number of pyridine rings is 1. The summed E-state index contributed by atoms with van der Waals surface area (Å²) >= 11 is 0. The Kier molecular flexibility index (Phi) is 4.20. The summed E-state index contributed by atoms with van der Waals surface area (Å²) in [5.74, 6) is -1.57. The van der Waals surface area contributed by atoms with Gasteiger partial charge in [-0.05, 0) is 19.9 Å². The Morgan fingerprint density at radius 1 is 1.65 bits per heavy atom. The first-order valence-corrected chi connectivity index (χ1v) is 5.23. The molecule has 17 heavy (non-hydrogen) atoms. The Bertz CT molecular complexity index is 446. The predicted octanol–water partition coefficient (Wildman–Crippen LogP) is 2.32. The standard InChI is InChI=1S/C12H15FN2O2/c1-4-15(7-8(2)3)11-10(12(16)17)5-9(13)6-14-11/h5-6H,2,4,7H2,1,3H3,(H,16,17). The summed E-state index contributed by atoms with van der Waals surface area (Å²) in [6.45, 7) is 8.55. The molecule has 1 aromatic heterocycles. The Morgan fingerprint density at radius 3 is 2.76 bits per heavy atom. The third kappa shape index (κ3) is 3.27. The number of halogens is 1. The highest BCUT2D eigenvalue weighted by molar-refractivity contribution is 5.93. The molecule has 0 saturated heterocycles. The highest BCUT2D eigenvalue weighted by Gasteiger charge is 2.17. The Morgan fingerprint density at radius 2 is 2.29 bits per heavy atom. The van der Waals surface area contributed by atoms with Crippen molar-refractivity contribution in [2.45, 2.75) is 13.8 Å². The molecular formula is C12H15FN2O2.